The lowest BCUT2D eigenvalue weighted by Gasteiger charge is -2.13. The summed E-state index contributed by atoms with van der Waals surface area (Å²) in [5, 5.41) is 2.67. The van der Waals surface area contributed by atoms with Crippen LogP contribution in [0.15, 0.2) is 30.3 Å². The van der Waals surface area contributed by atoms with Crippen molar-refractivity contribution < 1.29 is 18.7 Å². The van der Waals surface area contributed by atoms with E-state index in [9.17, 15) is 14.0 Å². The van der Waals surface area contributed by atoms with Crippen LogP contribution in [0.5, 0.6) is 0 Å². The normalized spacial score (nSPS) is 11.8. The molecule has 1 amide bonds. The second-order valence-electron chi connectivity index (χ2n) is 5.44. The molecular weight excluding hydrogens is 329 g/mol. The highest BCUT2D eigenvalue weighted by atomic mass is 32.1. The quantitative estimate of drug-likeness (QED) is 0.811. The van der Waals surface area contributed by atoms with E-state index in [4.69, 9.17) is 4.74 Å². The fourth-order valence-electron chi connectivity index (χ4n) is 2.18. The third kappa shape index (κ3) is 4.64. The van der Waals surface area contributed by atoms with Crippen molar-refractivity contribution in [3.8, 4) is 0 Å². The molecule has 0 aliphatic carbocycles. The van der Waals surface area contributed by atoms with E-state index in [1.165, 1.54) is 30.4 Å². The first-order valence-electron chi connectivity index (χ1n) is 7.73. The van der Waals surface area contributed by atoms with Gasteiger partial charge in [0.15, 0.2) is 6.10 Å². The molecule has 0 bridgehead atoms. The zero-order valence-corrected chi connectivity index (χ0v) is 14.7. The molecular formula is C18H20FNO3S. The van der Waals surface area contributed by atoms with E-state index in [2.05, 4.69) is 5.32 Å². The van der Waals surface area contributed by atoms with E-state index in [0.29, 0.717) is 4.88 Å². The molecule has 1 N–H and O–H groups in total. The van der Waals surface area contributed by atoms with E-state index in [1.54, 1.807) is 12.1 Å². The van der Waals surface area contributed by atoms with Gasteiger partial charge in [0.05, 0.1) is 0 Å². The number of hydrogen-bond acceptors (Lipinski definition) is 4. The highest BCUT2D eigenvalue weighted by Gasteiger charge is 2.20. The Kier molecular flexibility index (Phi) is 6.09. The first kappa shape index (κ1) is 18.1. The smallest absolute Gasteiger partial charge is 0.349 e. The third-order valence-corrected chi connectivity index (χ3v) is 4.71. The van der Waals surface area contributed by atoms with Gasteiger partial charge in [-0.1, -0.05) is 19.1 Å². The van der Waals surface area contributed by atoms with Gasteiger partial charge < -0.3 is 10.1 Å². The summed E-state index contributed by atoms with van der Waals surface area (Å²) in [5.74, 6) is -1.21. The van der Waals surface area contributed by atoms with Crippen LogP contribution in [0, 0.1) is 12.7 Å². The minimum absolute atomic E-state index is 0.249. The summed E-state index contributed by atoms with van der Waals surface area (Å²) in [6, 6.07) is 7.65. The van der Waals surface area contributed by atoms with E-state index < -0.39 is 18.0 Å². The molecule has 4 nitrogen and oxygen atoms in total. The highest BCUT2D eigenvalue weighted by molar-refractivity contribution is 7.14. The van der Waals surface area contributed by atoms with Gasteiger partial charge in [-0.2, -0.15) is 0 Å². The van der Waals surface area contributed by atoms with Gasteiger partial charge in [-0.15, -0.1) is 11.3 Å². The van der Waals surface area contributed by atoms with Gasteiger partial charge >= 0.3 is 5.97 Å². The van der Waals surface area contributed by atoms with Gasteiger partial charge in [0, 0.05) is 11.4 Å². The standard InChI is InChI=1S/C18H20FNO3S/c1-4-14-9-16(24-12(14)3)18(22)23-11(2)17(21)20-10-13-5-7-15(19)8-6-13/h5-9,11H,4,10H2,1-3H3,(H,20,21)/t11-/m0/s1. The van der Waals surface area contributed by atoms with Crippen LogP contribution >= 0.6 is 11.3 Å². The van der Waals surface area contributed by atoms with Crippen LogP contribution in [-0.4, -0.2) is 18.0 Å². The molecule has 0 aliphatic rings. The number of aryl methyl sites for hydroxylation is 2. The molecule has 2 aromatic rings. The molecule has 0 fully saturated rings. The average molecular weight is 349 g/mol. The van der Waals surface area contributed by atoms with Crippen molar-refractivity contribution in [2.75, 3.05) is 0 Å². The Morgan fingerprint density at radius 3 is 2.54 bits per heavy atom. The van der Waals surface area contributed by atoms with Crippen molar-refractivity contribution >= 4 is 23.2 Å². The summed E-state index contributed by atoms with van der Waals surface area (Å²) >= 11 is 1.37. The number of rotatable bonds is 6. The molecule has 6 heteroatoms. The Bertz CT molecular complexity index is 724. The SMILES string of the molecule is CCc1cc(C(=O)O[C@@H](C)C(=O)NCc2ccc(F)cc2)sc1C. The van der Waals surface area contributed by atoms with Gasteiger partial charge in [-0.25, -0.2) is 9.18 Å². The van der Waals surface area contributed by atoms with Crippen molar-refractivity contribution in [1.29, 1.82) is 0 Å². The molecule has 1 atom stereocenters. The zero-order valence-electron chi connectivity index (χ0n) is 13.9. The van der Waals surface area contributed by atoms with Crippen LogP contribution in [0.4, 0.5) is 4.39 Å². The van der Waals surface area contributed by atoms with Crippen molar-refractivity contribution in [2.24, 2.45) is 0 Å². The number of halogens is 1. The largest absolute Gasteiger partial charge is 0.448 e. The Balaban J connectivity index is 1.88. The number of carbonyl (C=O) groups excluding carboxylic acids is 2. The molecule has 0 unspecified atom stereocenters. The predicted molar refractivity (Wildman–Crippen MR) is 91.6 cm³/mol. The fraction of sp³-hybridized carbons (Fsp3) is 0.333. The number of esters is 1. The average Bonchev–Trinajstić information content (AvgIpc) is 2.95. The lowest BCUT2D eigenvalue weighted by atomic mass is 10.2. The van der Waals surface area contributed by atoms with Crippen LogP contribution in [0.25, 0.3) is 0 Å². The summed E-state index contributed by atoms with van der Waals surface area (Å²) in [5.41, 5.74) is 1.88. The summed E-state index contributed by atoms with van der Waals surface area (Å²) in [6.45, 7) is 5.76. The first-order valence-corrected chi connectivity index (χ1v) is 8.54. The third-order valence-electron chi connectivity index (χ3n) is 3.64. The molecule has 128 valence electrons. The lowest BCUT2D eigenvalue weighted by Crippen LogP contribution is -2.35. The van der Waals surface area contributed by atoms with Crippen molar-refractivity contribution in [3.05, 3.63) is 57.0 Å². The van der Waals surface area contributed by atoms with Crippen LogP contribution < -0.4 is 5.32 Å². The first-order chi connectivity index (χ1) is 11.4. The van der Waals surface area contributed by atoms with Crippen LogP contribution in [0.3, 0.4) is 0 Å². The maximum absolute atomic E-state index is 12.8. The summed E-state index contributed by atoms with van der Waals surface area (Å²) in [4.78, 5) is 25.7. The van der Waals surface area contributed by atoms with Gasteiger partial charge in [-0.05, 0) is 49.6 Å². The van der Waals surface area contributed by atoms with Gasteiger partial charge in [0.2, 0.25) is 0 Å². The lowest BCUT2D eigenvalue weighted by molar-refractivity contribution is -0.129. The number of benzene rings is 1. The Labute approximate surface area is 144 Å². The minimum Gasteiger partial charge on any atom is -0.448 e. The van der Waals surface area contributed by atoms with E-state index in [1.807, 2.05) is 19.9 Å². The van der Waals surface area contributed by atoms with E-state index in [0.717, 1.165) is 22.4 Å². The highest BCUT2D eigenvalue weighted by Crippen LogP contribution is 2.23. The maximum atomic E-state index is 12.8. The summed E-state index contributed by atoms with van der Waals surface area (Å²) < 4.78 is 18.0. The molecule has 0 radical (unpaired) electrons. The molecule has 1 aromatic heterocycles. The van der Waals surface area contributed by atoms with Crippen molar-refractivity contribution in [1.82, 2.24) is 5.32 Å². The van der Waals surface area contributed by atoms with Crippen LogP contribution in [0.1, 0.15) is 39.5 Å². The zero-order chi connectivity index (χ0) is 17.7. The number of thiophene rings is 1. The summed E-state index contributed by atoms with van der Waals surface area (Å²) in [6.07, 6.45) is -0.0472. The Morgan fingerprint density at radius 1 is 1.29 bits per heavy atom. The second-order valence-corrected chi connectivity index (χ2v) is 6.69. The van der Waals surface area contributed by atoms with Gasteiger partial charge in [-0.3, -0.25) is 4.79 Å². The number of hydrogen-bond donors (Lipinski definition) is 1. The molecule has 0 saturated carbocycles. The van der Waals surface area contributed by atoms with Crippen molar-refractivity contribution in [2.45, 2.75) is 39.8 Å². The molecule has 0 saturated heterocycles. The van der Waals surface area contributed by atoms with Gasteiger partial charge in [0.25, 0.3) is 5.91 Å². The molecule has 0 spiro atoms. The number of carbonyl (C=O) groups is 2. The Hall–Kier alpha value is -2.21. The predicted octanol–water partition coefficient (Wildman–Crippen LogP) is 3.62. The molecule has 2 rings (SSSR count). The topological polar surface area (TPSA) is 55.4 Å². The molecule has 24 heavy (non-hydrogen) atoms. The van der Waals surface area contributed by atoms with Crippen LogP contribution in [-0.2, 0) is 22.5 Å². The molecule has 1 aromatic carbocycles. The van der Waals surface area contributed by atoms with Gasteiger partial charge in [0.1, 0.15) is 10.7 Å². The minimum atomic E-state index is -0.898. The number of nitrogens with one attached hydrogen (secondary N) is 1. The summed E-state index contributed by atoms with van der Waals surface area (Å²) in [7, 11) is 0. The van der Waals surface area contributed by atoms with Crippen molar-refractivity contribution in [3.63, 3.8) is 0 Å². The maximum Gasteiger partial charge on any atom is 0.349 e. The van der Waals surface area contributed by atoms with Crippen LogP contribution in [0.2, 0.25) is 0 Å². The molecule has 0 aliphatic heterocycles. The Morgan fingerprint density at radius 2 is 1.96 bits per heavy atom. The number of ether oxygens (including phenoxy) is 1. The number of amides is 1. The van der Waals surface area contributed by atoms with E-state index >= 15 is 0 Å². The second kappa shape index (κ2) is 8.06. The van der Waals surface area contributed by atoms with E-state index in [-0.39, 0.29) is 12.4 Å². The monoisotopic (exact) mass is 349 g/mol. The molecule has 1 heterocycles. The fourth-order valence-corrected chi connectivity index (χ4v) is 3.18.